The highest BCUT2D eigenvalue weighted by Gasteiger charge is 2.11. The third-order valence-electron chi connectivity index (χ3n) is 1.95. The van der Waals surface area contributed by atoms with E-state index in [0.717, 1.165) is 5.57 Å². The maximum atomic E-state index is 11.4. The molecule has 0 N–H and O–H groups in total. The lowest BCUT2D eigenvalue weighted by atomic mass is 10.2. The van der Waals surface area contributed by atoms with Gasteiger partial charge in [0.1, 0.15) is 17.9 Å². The van der Waals surface area contributed by atoms with Gasteiger partial charge >= 0.3 is 5.97 Å². The van der Waals surface area contributed by atoms with Crippen LogP contribution in [0.1, 0.15) is 10.4 Å². The van der Waals surface area contributed by atoms with Crippen molar-refractivity contribution in [2.45, 2.75) is 0 Å². The van der Waals surface area contributed by atoms with Crippen LogP contribution in [0, 0.1) is 0 Å². The van der Waals surface area contributed by atoms with Gasteiger partial charge in [0.2, 0.25) is 0 Å². The van der Waals surface area contributed by atoms with Gasteiger partial charge < -0.3 is 9.47 Å². The first kappa shape index (κ1) is 12.6. The molecule has 0 unspecified atom stereocenters. The van der Waals surface area contributed by atoms with E-state index in [-0.39, 0.29) is 0 Å². The fourth-order valence-corrected chi connectivity index (χ4v) is 1.19. The molecule has 0 aliphatic heterocycles. The molecule has 1 aromatic rings. The molecule has 0 amide bonds. The van der Waals surface area contributed by atoms with Crippen molar-refractivity contribution in [2.75, 3.05) is 19.5 Å². The predicted octanol–water partition coefficient (Wildman–Crippen LogP) is 2.34. The largest absolute Gasteiger partial charge is 0.488 e. The Balaban J connectivity index is 2.79. The van der Waals surface area contributed by atoms with E-state index in [2.05, 4.69) is 23.9 Å². The summed E-state index contributed by atoms with van der Waals surface area (Å²) in [6, 6.07) is 6.93. The van der Waals surface area contributed by atoms with E-state index in [1.807, 2.05) is 0 Å². The summed E-state index contributed by atoms with van der Waals surface area (Å²) >= 11 is 4.08. The minimum atomic E-state index is -0.410. The van der Waals surface area contributed by atoms with Crippen LogP contribution in [0.3, 0.4) is 0 Å². The Hall–Kier alpha value is -1.42. The van der Waals surface area contributed by atoms with E-state index in [1.54, 1.807) is 24.3 Å². The van der Waals surface area contributed by atoms with E-state index in [9.17, 15) is 4.79 Å². The molecule has 0 spiro atoms. The molecule has 0 aliphatic rings. The number of esters is 1. The molecular weight excluding hydrogens is 224 g/mol. The van der Waals surface area contributed by atoms with Crippen molar-refractivity contribution in [1.29, 1.82) is 0 Å². The molecular formula is C12H14O3S. The number of ether oxygens (including phenoxy) is 2. The van der Waals surface area contributed by atoms with Crippen molar-refractivity contribution >= 4 is 18.6 Å². The zero-order valence-corrected chi connectivity index (χ0v) is 10.00. The zero-order chi connectivity index (χ0) is 12.0. The number of methoxy groups -OCH3 is 1. The lowest BCUT2D eigenvalue weighted by Crippen LogP contribution is -2.07. The second-order valence-electron chi connectivity index (χ2n) is 3.18. The van der Waals surface area contributed by atoms with Gasteiger partial charge in [-0.2, -0.15) is 12.6 Å². The number of thiol groups is 1. The van der Waals surface area contributed by atoms with Crippen molar-refractivity contribution in [2.24, 2.45) is 0 Å². The highest BCUT2D eigenvalue weighted by atomic mass is 32.1. The highest BCUT2D eigenvalue weighted by Crippen LogP contribution is 2.19. The number of hydrogen-bond acceptors (Lipinski definition) is 4. The third kappa shape index (κ3) is 3.31. The Bertz CT molecular complexity index is 388. The first-order valence-electron chi connectivity index (χ1n) is 4.76. The molecule has 86 valence electrons. The first-order valence-corrected chi connectivity index (χ1v) is 5.40. The van der Waals surface area contributed by atoms with Gasteiger partial charge in [-0.3, -0.25) is 0 Å². The van der Waals surface area contributed by atoms with Crippen LogP contribution in [0.2, 0.25) is 0 Å². The Labute approximate surface area is 100 Å². The van der Waals surface area contributed by atoms with E-state index in [0.29, 0.717) is 23.7 Å². The summed E-state index contributed by atoms with van der Waals surface area (Å²) in [6.45, 7) is 4.11. The average molecular weight is 238 g/mol. The highest BCUT2D eigenvalue weighted by molar-refractivity contribution is 7.80. The maximum Gasteiger partial charge on any atom is 0.341 e. The predicted molar refractivity (Wildman–Crippen MR) is 66.3 cm³/mol. The molecule has 0 heterocycles. The van der Waals surface area contributed by atoms with Crippen molar-refractivity contribution in [3.8, 4) is 5.75 Å². The number of benzene rings is 1. The smallest absolute Gasteiger partial charge is 0.341 e. The number of carbonyl (C=O) groups excluding carboxylic acids is 1. The van der Waals surface area contributed by atoms with Crippen molar-refractivity contribution in [3.63, 3.8) is 0 Å². The SMILES string of the molecule is C=C(CS)COc1ccccc1C(=O)OC. The molecule has 0 fully saturated rings. The second-order valence-corrected chi connectivity index (χ2v) is 3.50. The lowest BCUT2D eigenvalue weighted by molar-refractivity contribution is 0.0596. The van der Waals surface area contributed by atoms with Gasteiger partial charge in [0.25, 0.3) is 0 Å². The van der Waals surface area contributed by atoms with Crippen molar-refractivity contribution < 1.29 is 14.3 Å². The number of para-hydroxylation sites is 1. The summed E-state index contributed by atoms with van der Waals surface area (Å²) in [5, 5.41) is 0. The van der Waals surface area contributed by atoms with Gasteiger partial charge in [0.05, 0.1) is 7.11 Å². The molecule has 1 aromatic carbocycles. The molecule has 4 heteroatoms. The summed E-state index contributed by atoms with van der Waals surface area (Å²) in [4.78, 5) is 11.4. The lowest BCUT2D eigenvalue weighted by Gasteiger charge is -2.10. The fourth-order valence-electron chi connectivity index (χ4n) is 1.10. The van der Waals surface area contributed by atoms with Gasteiger partial charge in [-0.1, -0.05) is 18.7 Å². The molecule has 0 aromatic heterocycles. The number of rotatable bonds is 5. The van der Waals surface area contributed by atoms with E-state index in [4.69, 9.17) is 4.74 Å². The van der Waals surface area contributed by atoms with Crippen LogP contribution in [0.15, 0.2) is 36.4 Å². The van der Waals surface area contributed by atoms with Gasteiger partial charge in [0.15, 0.2) is 0 Å². The summed E-state index contributed by atoms with van der Waals surface area (Å²) in [5.74, 6) is 0.643. The summed E-state index contributed by atoms with van der Waals surface area (Å²) in [6.07, 6.45) is 0. The Morgan fingerprint density at radius 1 is 1.44 bits per heavy atom. The maximum absolute atomic E-state index is 11.4. The van der Waals surface area contributed by atoms with Gasteiger partial charge in [0, 0.05) is 5.75 Å². The molecule has 0 atom stereocenters. The Kier molecular flexibility index (Phi) is 4.92. The van der Waals surface area contributed by atoms with Gasteiger partial charge in [-0.15, -0.1) is 0 Å². The quantitative estimate of drug-likeness (QED) is 0.486. The van der Waals surface area contributed by atoms with Crippen molar-refractivity contribution in [1.82, 2.24) is 0 Å². The van der Waals surface area contributed by atoms with Crippen LogP contribution < -0.4 is 4.74 Å². The van der Waals surface area contributed by atoms with Crippen molar-refractivity contribution in [3.05, 3.63) is 42.0 Å². The number of carbonyl (C=O) groups is 1. The van der Waals surface area contributed by atoms with Crippen LogP contribution in [-0.2, 0) is 4.74 Å². The molecule has 0 radical (unpaired) electrons. The van der Waals surface area contributed by atoms with Crippen LogP contribution in [0.25, 0.3) is 0 Å². The Morgan fingerprint density at radius 3 is 2.75 bits per heavy atom. The molecule has 1 rings (SSSR count). The van der Waals surface area contributed by atoms with Crippen LogP contribution in [0.4, 0.5) is 0 Å². The monoisotopic (exact) mass is 238 g/mol. The average Bonchev–Trinajstić information content (AvgIpc) is 2.35. The second kappa shape index (κ2) is 6.23. The number of hydrogen-bond donors (Lipinski definition) is 1. The molecule has 0 aliphatic carbocycles. The third-order valence-corrected chi connectivity index (χ3v) is 2.39. The summed E-state index contributed by atoms with van der Waals surface area (Å²) in [7, 11) is 1.34. The van der Waals surface area contributed by atoms with E-state index >= 15 is 0 Å². The standard InChI is InChI=1S/C12H14O3S/c1-9(8-16)7-15-11-6-4-3-5-10(11)12(13)14-2/h3-6,16H,1,7-8H2,2H3. The topological polar surface area (TPSA) is 35.5 Å². The minimum Gasteiger partial charge on any atom is -0.488 e. The normalized spacial score (nSPS) is 9.62. The molecule has 0 saturated heterocycles. The molecule has 16 heavy (non-hydrogen) atoms. The minimum absolute atomic E-state index is 0.345. The fraction of sp³-hybridized carbons (Fsp3) is 0.250. The Morgan fingerprint density at radius 2 is 2.12 bits per heavy atom. The molecule has 3 nitrogen and oxygen atoms in total. The zero-order valence-electron chi connectivity index (χ0n) is 9.10. The van der Waals surface area contributed by atoms with E-state index < -0.39 is 5.97 Å². The molecule has 0 saturated carbocycles. The van der Waals surface area contributed by atoms with Crippen LogP contribution in [0.5, 0.6) is 5.75 Å². The summed E-state index contributed by atoms with van der Waals surface area (Å²) < 4.78 is 10.1. The summed E-state index contributed by atoms with van der Waals surface area (Å²) in [5.41, 5.74) is 1.26. The first-order chi connectivity index (χ1) is 7.69. The van der Waals surface area contributed by atoms with E-state index in [1.165, 1.54) is 7.11 Å². The molecule has 0 bridgehead atoms. The van der Waals surface area contributed by atoms with Crippen LogP contribution in [-0.4, -0.2) is 25.4 Å². The van der Waals surface area contributed by atoms with Gasteiger partial charge in [-0.25, -0.2) is 4.79 Å². The van der Waals surface area contributed by atoms with Crippen LogP contribution >= 0.6 is 12.6 Å². The van der Waals surface area contributed by atoms with Gasteiger partial charge in [-0.05, 0) is 17.7 Å².